The van der Waals surface area contributed by atoms with Gasteiger partial charge in [-0.15, -0.1) is 0 Å². The summed E-state index contributed by atoms with van der Waals surface area (Å²) in [5.41, 5.74) is 12.2. The van der Waals surface area contributed by atoms with Crippen molar-refractivity contribution in [2.75, 3.05) is 6.26 Å². The zero-order valence-electron chi connectivity index (χ0n) is 11.8. The zero-order chi connectivity index (χ0) is 14.9. The van der Waals surface area contributed by atoms with Crippen LogP contribution < -0.4 is 11.5 Å². The molecule has 112 valence electrons. The van der Waals surface area contributed by atoms with E-state index in [1.165, 1.54) is 6.08 Å². The van der Waals surface area contributed by atoms with Gasteiger partial charge in [0.15, 0.2) is 9.84 Å². The number of rotatable bonds is 4. The topological polar surface area (TPSA) is 89.4 Å². The maximum absolute atomic E-state index is 11.5. The van der Waals surface area contributed by atoms with Gasteiger partial charge in [-0.05, 0) is 37.8 Å². The van der Waals surface area contributed by atoms with E-state index < -0.39 is 9.84 Å². The number of nitrogens with zero attached hydrogens (tertiary/aromatic N) is 1. The molecule has 0 aromatic rings. The van der Waals surface area contributed by atoms with Crippen molar-refractivity contribution in [3.8, 4) is 0 Å². The van der Waals surface area contributed by atoms with Gasteiger partial charge in [-0.2, -0.15) is 0 Å². The molecule has 0 saturated carbocycles. The van der Waals surface area contributed by atoms with Crippen molar-refractivity contribution < 1.29 is 8.42 Å². The first-order valence-electron chi connectivity index (χ1n) is 6.85. The van der Waals surface area contributed by atoms with Crippen molar-refractivity contribution in [1.82, 2.24) is 4.90 Å². The maximum atomic E-state index is 11.5. The van der Waals surface area contributed by atoms with Crippen LogP contribution in [-0.2, 0) is 9.84 Å². The molecule has 6 heteroatoms. The Balaban J connectivity index is 2.10. The van der Waals surface area contributed by atoms with Crippen LogP contribution in [0.25, 0.3) is 0 Å². The lowest BCUT2D eigenvalue weighted by Gasteiger charge is -2.39. The summed E-state index contributed by atoms with van der Waals surface area (Å²) < 4.78 is 23.0. The van der Waals surface area contributed by atoms with E-state index in [0.29, 0.717) is 12.1 Å². The maximum Gasteiger partial charge on any atom is 0.176 e. The first-order valence-corrected chi connectivity index (χ1v) is 8.75. The fourth-order valence-corrected chi connectivity index (χ4v) is 3.82. The Morgan fingerprint density at radius 2 is 1.80 bits per heavy atom. The molecule has 20 heavy (non-hydrogen) atoms. The molecule has 0 amide bonds. The van der Waals surface area contributed by atoms with Crippen LogP contribution in [0.15, 0.2) is 35.5 Å². The molecule has 0 radical (unpaired) electrons. The van der Waals surface area contributed by atoms with E-state index in [0.717, 1.165) is 43.8 Å². The molecule has 2 aliphatic heterocycles. The fourth-order valence-electron chi connectivity index (χ4n) is 3.26. The molecule has 2 bridgehead atoms. The number of piperidine rings is 1. The van der Waals surface area contributed by atoms with E-state index in [1.54, 1.807) is 6.08 Å². The van der Waals surface area contributed by atoms with E-state index in [2.05, 4.69) is 11.5 Å². The predicted octanol–water partition coefficient (Wildman–Crippen LogP) is 0.855. The Labute approximate surface area is 120 Å². The molecule has 2 heterocycles. The molecule has 0 spiro atoms. The van der Waals surface area contributed by atoms with Crippen molar-refractivity contribution in [3.05, 3.63) is 35.5 Å². The Hall–Kier alpha value is -1.27. The number of hydrogen-bond acceptors (Lipinski definition) is 5. The SMILES string of the molecule is C=C(/C=C\C(=C/N)S(C)(=O)=O)N1C2CCC1CC(N)C2. The molecule has 2 unspecified atom stereocenters. The van der Waals surface area contributed by atoms with Gasteiger partial charge in [-0.1, -0.05) is 6.58 Å². The van der Waals surface area contributed by atoms with Gasteiger partial charge >= 0.3 is 0 Å². The quantitative estimate of drug-likeness (QED) is 0.751. The minimum Gasteiger partial charge on any atom is -0.404 e. The van der Waals surface area contributed by atoms with E-state index in [1.807, 2.05) is 0 Å². The number of nitrogens with two attached hydrogens (primary N) is 2. The lowest BCUT2D eigenvalue weighted by atomic mass is 9.97. The fraction of sp³-hybridized carbons (Fsp3) is 0.571. The highest BCUT2D eigenvalue weighted by Crippen LogP contribution is 2.37. The standard InChI is InChI=1S/C14H23N3O2S/c1-10(3-6-14(9-15)20(2,18)19)17-12-4-5-13(17)8-11(16)7-12/h3,6,9,11-13H,1,4-5,7-8,15-16H2,2H3/b6-3-,14-9+. The van der Waals surface area contributed by atoms with Crippen molar-refractivity contribution in [2.24, 2.45) is 11.5 Å². The van der Waals surface area contributed by atoms with Crippen LogP contribution in [0.5, 0.6) is 0 Å². The van der Waals surface area contributed by atoms with E-state index in [-0.39, 0.29) is 10.9 Å². The summed E-state index contributed by atoms with van der Waals surface area (Å²) in [5.74, 6) is 0. The summed E-state index contributed by atoms with van der Waals surface area (Å²) in [4.78, 5) is 2.40. The third-order valence-corrected chi connectivity index (χ3v) is 5.26. The predicted molar refractivity (Wildman–Crippen MR) is 81.3 cm³/mol. The Kier molecular flexibility index (Phi) is 4.25. The van der Waals surface area contributed by atoms with Crippen molar-refractivity contribution in [2.45, 2.75) is 43.8 Å². The summed E-state index contributed by atoms with van der Waals surface area (Å²) in [6.45, 7) is 4.07. The third kappa shape index (κ3) is 3.07. The second kappa shape index (κ2) is 5.61. The summed E-state index contributed by atoms with van der Waals surface area (Å²) in [5, 5.41) is 0. The van der Waals surface area contributed by atoms with Crippen LogP contribution in [0.2, 0.25) is 0 Å². The van der Waals surface area contributed by atoms with Gasteiger partial charge in [0.05, 0.1) is 4.91 Å². The molecule has 2 atom stereocenters. The second-order valence-electron chi connectivity index (χ2n) is 5.69. The summed E-state index contributed by atoms with van der Waals surface area (Å²) in [7, 11) is -3.29. The van der Waals surface area contributed by atoms with E-state index in [9.17, 15) is 8.42 Å². The molecule has 0 aliphatic carbocycles. The van der Waals surface area contributed by atoms with Crippen LogP contribution in [-0.4, -0.2) is 37.7 Å². The number of hydrogen-bond donors (Lipinski definition) is 2. The summed E-state index contributed by atoms with van der Waals surface area (Å²) in [6.07, 6.45) is 9.74. The average Bonchev–Trinajstić information content (AvgIpc) is 2.60. The monoisotopic (exact) mass is 297 g/mol. The third-order valence-electron chi connectivity index (χ3n) is 4.13. The minimum atomic E-state index is -3.29. The highest BCUT2D eigenvalue weighted by Gasteiger charge is 2.39. The molecule has 0 aromatic heterocycles. The summed E-state index contributed by atoms with van der Waals surface area (Å²) >= 11 is 0. The highest BCUT2D eigenvalue weighted by molar-refractivity contribution is 7.94. The number of fused-ring (bicyclic) bond motifs is 2. The Morgan fingerprint density at radius 3 is 2.25 bits per heavy atom. The smallest absolute Gasteiger partial charge is 0.176 e. The van der Waals surface area contributed by atoms with Gasteiger partial charge in [-0.25, -0.2) is 8.42 Å². The first kappa shape index (κ1) is 15.1. The van der Waals surface area contributed by atoms with Gasteiger partial charge in [0.1, 0.15) is 0 Å². The Morgan fingerprint density at radius 1 is 1.25 bits per heavy atom. The summed E-state index contributed by atoms with van der Waals surface area (Å²) in [6, 6.07) is 1.14. The van der Waals surface area contributed by atoms with Crippen LogP contribution in [0.3, 0.4) is 0 Å². The zero-order valence-corrected chi connectivity index (χ0v) is 12.6. The van der Waals surface area contributed by atoms with Gasteiger partial charge in [0, 0.05) is 36.3 Å². The average molecular weight is 297 g/mol. The largest absolute Gasteiger partial charge is 0.404 e. The first-order chi connectivity index (χ1) is 9.32. The van der Waals surface area contributed by atoms with Crippen LogP contribution in [0.1, 0.15) is 25.7 Å². The molecule has 0 aromatic carbocycles. The van der Waals surface area contributed by atoms with E-state index >= 15 is 0 Å². The van der Waals surface area contributed by atoms with Gasteiger partial charge in [-0.3, -0.25) is 0 Å². The number of allylic oxidation sites excluding steroid dienone is 2. The van der Waals surface area contributed by atoms with Crippen LogP contribution >= 0.6 is 0 Å². The molecule has 2 aliphatic rings. The lowest BCUT2D eigenvalue weighted by molar-refractivity contribution is 0.177. The van der Waals surface area contributed by atoms with E-state index in [4.69, 9.17) is 11.5 Å². The lowest BCUT2D eigenvalue weighted by Crippen LogP contribution is -2.46. The normalized spacial score (nSPS) is 31.0. The molecular weight excluding hydrogens is 274 g/mol. The van der Waals surface area contributed by atoms with Crippen molar-refractivity contribution in [1.29, 1.82) is 0 Å². The molecular formula is C14H23N3O2S. The van der Waals surface area contributed by atoms with Gasteiger partial charge < -0.3 is 16.4 Å². The van der Waals surface area contributed by atoms with Crippen molar-refractivity contribution in [3.63, 3.8) is 0 Å². The second-order valence-corrected chi connectivity index (χ2v) is 7.71. The molecule has 2 rings (SSSR count). The van der Waals surface area contributed by atoms with Crippen LogP contribution in [0, 0.1) is 0 Å². The Bertz CT molecular complexity index is 537. The van der Waals surface area contributed by atoms with Gasteiger partial charge in [0.25, 0.3) is 0 Å². The minimum absolute atomic E-state index is 0.111. The highest BCUT2D eigenvalue weighted by atomic mass is 32.2. The van der Waals surface area contributed by atoms with Gasteiger partial charge in [0.2, 0.25) is 0 Å². The molecule has 4 N–H and O–H groups in total. The molecule has 2 saturated heterocycles. The van der Waals surface area contributed by atoms with Crippen molar-refractivity contribution >= 4 is 9.84 Å². The number of sulfone groups is 1. The molecule has 2 fully saturated rings. The van der Waals surface area contributed by atoms with Crippen LogP contribution in [0.4, 0.5) is 0 Å². The molecule has 5 nitrogen and oxygen atoms in total.